The summed E-state index contributed by atoms with van der Waals surface area (Å²) in [5.74, 6) is -0.122. The fourth-order valence-corrected chi connectivity index (χ4v) is 3.46. The monoisotopic (exact) mass is 456 g/mol. The van der Waals surface area contributed by atoms with Crippen molar-refractivity contribution in [2.75, 3.05) is 19.7 Å². The van der Waals surface area contributed by atoms with Crippen molar-refractivity contribution in [2.24, 2.45) is 0 Å². The third-order valence-corrected chi connectivity index (χ3v) is 5.28. The number of nitro benzene ring substituents is 1. The maximum absolute atomic E-state index is 12.9. The van der Waals surface area contributed by atoms with E-state index in [9.17, 15) is 14.9 Å². The fourth-order valence-electron chi connectivity index (χ4n) is 3.20. The first-order valence-electron chi connectivity index (χ1n) is 8.97. The Labute approximate surface area is 175 Å². The average Bonchev–Trinajstić information content (AvgIpc) is 3.24. The number of halogens is 1. The summed E-state index contributed by atoms with van der Waals surface area (Å²) < 4.78 is 8.36. The standard InChI is InChI=1S/C20H17BrN4O4/c21-16-3-1-14(2-4-16)19-13-23(9-10-29-19)20(26)15-11-22-24(12-15)17-5-7-18(8-6-17)25(27)28/h1-8,11-12,19H,9-10,13H2. The number of ether oxygens (including phenoxy) is 1. The van der Waals surface area contributed by atoms with Crippen molar-refractivity contribution in [3.05, 3.63) is 86.6 Å². The van der Waals surface area contributed by atoms with Gasteiger partial charge in [0.1, 0.15) is 6.10 Å². The predicted molar refractivity (Wildman–Crippen MR) is 109 cm³/mol. The number of aromatic nitrogens is 2. The van der Waals surface area contributed by atoms with E-state index in [4.69, 9.17) is 4.74 Å². The topological polar surface area (TPSA) is 90.5 Å². The van der Waals surface area contributed by atoms with Gasteiger partial charge in [0.25, 0.3) is 11.6 Å². The second kappa shape index (κ2) is 8.14. The van der Waals surface area contributed by atoms with Crippen LogP contribution in [0.1, 0.15) is 22.0 Å². The number of morpholine rings is 1. The second-order valence-corrected chi connectivity index (χ2v) is 7.52. The van der Waals surface area contributed by atoms with Crippen LogP contribution in [0.15, 0.2) is 65.4 Å². The normalized spacial score (nSPS) is 16.6. The van der Waals surface area contributed by atoms with Crippen LogP contribution in [-0.2, 0) is 4.74 Å². The van der Waals surface area contributed by atoms with Gasteiger partial charge in [0.15, 0.2) is 0 Å². The Morgan fingerprint density at radius 2 is 1.90 bits per heavy atom. The molecule has 0 radical (unpaired) electrons. The molecule has 1 aliphatic heterocycles. The Bertz CT molecular complexity index is 1030. The molecule has 0 spiro atoms. The Morgan fingerprint density at radius 3 is 2.59 bits per heavy atom. The average molecular weight is 457 g/mol. The molecule has 0 N–H and O–H groups in total. The number of nitrogens with zero attached hydrogens (tertiary/aromatic N) is 4. The van der Waals surface area contributed by atoms with E-state index in [1.54, 1.807) is 23.2 Å². The number of carbonyl (C=O) groups is 1. The van der Waals surface area contributed by atoms with Crippen LogP contribution in [0.5, 0.6) is 0 Å². The van der Waals surface area contributed by atoms with Gasteiger partial charge in [-0.1, -0.05) is 28.1 Å². The Kier molecular flexibility index (Phi) is 5.41. The Hall–Kier alpha value is -3.04. The number of hydrogen-bond donors (Lipinski definition) is 0. The first kappa shape index (κ1) is 19.3. The zero-order valence-electron chi connectivity index (χ0n) is 15.3. The van der Waals surface area contributed by atoms with Crippen LogP contribution in [-0.4, -0.2) is 45.2 Å². The lowest BCUT2D eigenvalue weighted by Gasteiger charge is -2.33. The third-order valence-electron chi connectivity index (χ3n) is 4.75. The highest BCUT2D eigenvalue weighted by atomic mass is 79.9. The molecule has 9 heteroatoms. The van der Waals surface area contributed by atoms with Crippen LogP contribution >= 0.6 is 15.9 Å². The molecule has 8 nitrogen and oxygen atoms in total. The zero-order valence-corrected chi connectivity index (χ0v) is 16.9. The van der Waals surface area contributed by atoms with Gasteiger partial charge in [0, 0.05) is 29.3 Å². The van der Waals surface area contributed by atoms with Crippen molar-refractivity contribution in [3.8, 4) is 5.69 Å². The molecule has 1 saturated heterocycles. The molecule has 1 fully saturated rings. The van der Waals surface area contributed by atoms with Gasteiger partial charge in [0.05, 0.1) is 35.5 Å². The van der Waals surface area contributed by atoms with E-state index in [0.29, 0.717) is 30.9 Å². The summed E-state index contributed by atoms with van der Waals surface area (Å²) in [6, 6.07) is 13.9. The second-order valence-electron chi connectivity index (χ2n) is 6.61. The SMILES string of the molecule is O=C(c1cnn(-c2ccc([N+](=O)[O-])cc2)c1)N1CCOC(c2ccc(Br)cc2)C1. The molecule has 2 aromatic carbocycles. The van der Waals surface area contributed by atoms with Crippen LogP contribution in [0.25, 0.3) is 5.69 Å². The Balaban J connectivity index is 1.48. The van der Waals surface area contributed by atoms with E-state index in [1.807, 2.05) is 24.3 Å². The van der Waals surface area contributed by atoms with Gasteiger partial charge in [0.2, 0.25) is 0 Å². The summed E-state index contributed by atoms with van der Waals surface area (Å²) in [4.78, 5) is 25.0. The predicted octanol–water partition coefficient (Wildman–Crippen LogP) is 3.76. The number of carbonyl (C=O) groups excluding carboxylic acids is 1. The first-order chi connectivity index (χ1) is 14.0. The van der Waals surface area contributed by atoms with Gasteiger partial charge >= 0.3 is 0 Å². The summed E-state index contributed by atoms with van der Waals surface area (Å²) >= 11 is 3.42. The van der Waals surface area contributed by atoms with Gasteiger partial charge in [-0.05, 0) is 29.8 Å². The maximum atomic E-state index is 12.9. The Morgan fingerprint density at radius 1 is 1.17 bits per heavy atom. The molecule has 1 aromatic heterocycles. The summed E-state index contributed by atoms with van der Waals surface area (Å²) in [6.45, 7) is 1.43. The highest BCUT2D eigenvalue weighted by molar-refractivity contribution is 9.10. The van der Waals surface area contributed by atoms with E-state index in [-0.39, 0.29) is 17.7 Å². The lowest BCUT2D eigenvalue weighted by atomic mass is 10.1. The molecule has 3 aromatic rings. The lowest BCUT2D eigenvalue weighted by Crippen LogP contribution is -2.42. The highest BCUT2D eigenvalue weighted by Crippen LogP contribution is 2.25. The van der Waals surface area contributed by atoms with Crippen molar-refractivity contribution < 1.29 is 14.5 Å². The molecule has 1 unspecified atom stereocenters. The van der Waals surface area contributed by atoms with Crippen molar-refractivity contribution in [3.63, 3.8) is 0 Å². The van der Waals surface area contributed by atoms with Gasteiger partial charge in [-0.3, -0.25) is 14.9 Å². The summed E-state index contributed by atoms with van der Waals surface area (Å²) in [6.07, 6.45) is 2.96. The molecule has 4 rings (SSSR count). The lowest BCUT2D eigenvalue weighted by molar-refractivity contribution is -0.384. The van der Waals surface area contributed by atoms with Gasteiger partial charge < -0.3 is 9.64 Å². The number of benzene rings is 2. The number of amides is 1. The fraction of sp³-hybridized carbons (Fsp3) is 0.200. The highest BCUT2D eigenvalue weighted by Gasteiger charge is 2.27. The van der Waals surface area contributed by atoms with Crippen molar-refractivity contribution in [1.82, 2.24) is 14.7 Å². The number of rotatable bonds is 4. The quantitative estimate of drug-likeness (QED) is 0.440. The molecule has 0 bridgehead atoms. The van der Waals surface area contributed by atoms with Crippen LogP contribution < -0.4 is 0 Å². The zero-order chi connectivity index (χ0) is 20.4. The molecular weight excluding hydrogens is 440 g/mol. The number of hydrogen-bond acceptors (Lipinski definition) is 5. The summed E-state index contributed by atoms with van der Waals surface area (Å²) in [5, 5.41) is 15.0. The van der Waals surface area contributed by atoms with Crippen LogP contribution in [0.4, 0.5) is 5.69 Å². The molecule has 0 aliphatic carbocycles. The van der Waals surface area contributed by atoms with Gasteiger partial charge in [-0.15, -0.1) is 0 Å². The number of non-ortho nitro benzene ring substituents is 1. The van der Waals surface area contributed by atoms with Gasteiger partial charge in [-0.25, -0.2) is 4.68 Å². The minimum atomic E-state index is -0.456. The third kappa shape index (κ3) is 4.20. The summed E-state index contributed by atoms with van der Waals surface area (Å²) in [7, 11) is 0. The van der Waals surface area contributed by atoms with Gasteiger partial charge in [-0.2, -0.15) is 5.10 Å². The molecule has 0 saturated carbocycles. The van der Waals surface area contributed by atoms with E-state index in [1.165, 1.54) is 23.0 Å². The van der Waals surface area contributed by atoms with E-state index in [0.717, 1.165) is 10.0 Å². The van der Waals surface area contributed by atoms with E-state index in [2.05, 4.69) is 21.0 Å². The maximum Gasteiger partial charge on any atom is 0.269 e. The minimum Gasteiger partial charge on any atom is -0.370 e. The molecule has 29 heavy (non-hydrogen) atoms. The van der Waals surface area contributed by atoms with Crippen LogP contribution in [0.3, 0.4) is 0 Å². The molecule has 148 valence electrons. The molecule has 1 amide bonds. The smallest absolute Gasteiger partial charge is 0.269 e. The minimum absolute atomic E-state index is 0.00417. The molecule has 2 heterocycles. The van der Waals surface area contributed by atoms with Crippen LogP contribution in [0.2, 0.25) is 0 Å². The summed E-state index contributed by atoms with van der Waals surface area (Å²) in [5.41, 5.74) is 2.13. The van der Waals surface area contributed by atoms with Crippen molar-refractivity contribution in [2.45, 2.75) is 6.10 Å². The van der Waals surface area contributed by atoms with Crippen LogP contribution in [0, 0.1) is 10.1 Å². The first-order valence-corrected chi connectivity index (χ1v) is 9.76. The van der Waals surface area contributed by atoms with E-state index < -0.39 is 4.92 Å². The molecule has 1 aliphatic rings. The van der Waals surface area contributed by atoms with Crippen molar-refractivity contribution >= 4 is 27.5 Å². The van der Waals surface area contributed by atoms with Crippen molar-refractivity contribution in [1.29, 1.82) is 0 Å². The molecular formula is C20H17BrN4O4. The molecule has 1 atom stereocenters. The largest absolute Gasteiger partial charge is 0.370 e. The number of nitro groups is 1. The van der Waals surface area contributed by atoms with E-state index >= 15 is 0 Å².